The van der Waals surface area contributed by atoms with E-state index in [4.69, 9.17) is 5.73 Å². The number of nitrogens with zero attached hydrogens (tertiary/aromatic N) is 1. The van der Waals surface area contributed by atoms with Gasteiger partial charge in [0, 0.05) is 25.5 Å². The maximum atomic E-state index is 12.8. The van der Waals surface area contributed by atoms with Crippen LogP contribution in [-0.2, 0) is 11.0 Å². The summed E-state index contributed by atoms with van der Waals surface area (Å²) in [7, 11) is 2.83. The van der Waals surface area contributed by atoms with Gasteiger partial charge in [0.05, 0.1) is 12.1 Å². The summed E-state index contributed by atoms with van der Waals surface area (Å²) in [6, 6.07) is 3.47. The third-order valence-electron chi connectivity index (χ3n) is 2.40. The fourth-order valence-corrected chi connectivity index (χ4v) is 1.49. The standard InChI is InChI=1S/C11H14F3N3O/c1-16-10(18)6-17(2)9-4-3-7(15)5-8(9)11(12,13)14/h3-5H,6,15H2,1-2H3,(H,16,18). The Morgan fingerprint density at radius 3 is 2.56 bits per heavy atom. The van der Waals surface area contributed by atoms with E-state index in [0.717, 1.165) is 6.07 Å². The summed E-state index contributed by atoms with van der Waals surface area (Å²) in [4.78, 5) is 12.4. The molecule has 0 saturated carbocycles. The first-order valence-electron chi connectivity index (χ1n) is 5.14. The zero-order chi connectivity index (χ0) is 13.9. The number of nitrogen functional groups attached to an aromatic ring is 1. The van der Waals surface area contributed by atoms with E-state index in [0.29, 0.717) is 0 Å². The van der Waals surface area contributed by atoms with Gasteiger partial charge in [-0.3, -0.25) is 4.79 Å². The lowest BCUT2D eigenvalue weighted by Gasteiger charge is -2.23. The highest BCUT2D eigenvalue weighted by atomic mass is 19.4. The number of alkyl halides is 3. The number of hydrogen-bond donors (Lipinski definition) is 2. The summed E-state index contributed by atoms with van der Waals surface area (Å²) in [5.41, 5.74) is 4.45. The van der Waals surface area contributed by atoms with Gasteiger partial charge in [-0.05, 0) is 18.2 Å². The second kappa shape index (κ2) is 5.16. The summed E-state index contributed by atoms with van der Waals surface area (Å²) in [6.45, 7) is -0.163. The maximum Gasteiger partial charge on any atom is 0.418 e. The summed E-state index contributed by atoms with van der Waals surface area (Å²) < 4.78 is 38.5. The van der Waals surface area contributed by atoms with Crippen LogP contribution in [0.2, 0.25) is 0 Å². The first kappa shape index (κ1) is 14.1. The molecular formula is C11H14F3N3O. The normalized spacial score (nSPS) is 11.2. The molecule has 3 N–H and O–H groups in total. The predicted molar refractivity (Wildman–Crippen MR) is 63.2 cm³/mol. The molecule has 7 heteroatoms. The highest BCUT2D eigenvalue weighted by Crippen LogP contribution is 2.37. The van der Waals surface area contributed by atoms with Crippen molar-refractivity contribution in [2.45, 2.75) is 6.18 Å². The molecule has 1 aromatic rings. The summed E-state index contributed by atoms with van der Waals surface area (Å²) in [5.74, 6) is -0.373. The first-order chi connectivity index (χ1) is 8.25. The van der Waals surface area contributed by atoms with Gasteiger partial charge in [-0.2, -0.15) is 13.2 Å². The number of carbonyl (C=O) groups excluding carboxylic acids is 1. The fraction of sp³-hybridized carbons (Fsp3) is 0.364. The van der Waals surface area contributed by atoms with Gasteiger partial charge < -0.3 is 16.0 Å². The van der Waals surface area contributed by atoms with Crippen LogP contribution in [0, 0.1) is 0 Å². The maximum absolute atomic E-state index is 12.8. The van der Waals surface area contributed by atoms with Gasteiger partial charge in [-0.25, -0.2) is 0 Å². The molecule has 0 aliphatic carbocycles. The molecule has 0 fully saturated rings. The van der Waals surface area contributed by atoms with Crippen LogP contribution in [0.1, 0.15) is 5.56 Å². The average molecular weight is 261 g/mol. The molecule has 100 valence electrons. The van der Waals surface area contributed by atoms with Crippen molar-refractivity contribution in [3.8, 4) is 0 Å². The topological polar surface area (TPSA) is 58.4 Å². The summed E-state index contributed by atoms with van der Waals surface area (Å²) in [6.07, 6.45) is -4.51. The highest BCUT2D eigenvalue weighted by Gasteiger charge is 2.34. The number of nitrogens with two attached hydrogens (primary N) is 1. The van der Waals surface area contributed by atoms with E-state index in [2.05, 4.69) is 5.32 Å². The quantitative estimate of drug-likeness (QED) is 0.810. The Balaban J connectivity index is 3.12. The zero-order valence-electron chi connectivity index (χ0n) is 10.0. The molecule has 0 saturated heterocycles. The van der Waals surface area contributed by atoms with E-state index in [9.17, 15) is 18.0 Å². The highest BCUT2D eigenvalue weighted by molar-refractivity contribution is 5.81. The molecule has 0 unspecified atom stereocenters. The Bertz CT molecular complexity index is 446. The van der Waals surface area contributed by atoms with Crippen LogP contribution in [-0.4, -0.2) is 26.5 Å². The van der Waals surface area contributed by atoms with Crippen LogP contribution in [0.5, 0.6) is 0 Å². The van der Waals surface area contributed by atoms with Gasteiger partial charge >= 0.3 is 6.18 Å². The molecule has 0 spiro atoms. The monoisotopic (exact) mass is 261 g/mol. The van der Waals surface area contributed by atoms with Crippen molar-refractivity contribution in [2.24, 2.45) is 0 Å². The minimum Gasteiger partial charge on any atom is -0.399 e. The third kappa shape index (κ3) is 3.28. The second-order valence-corrected chi connectivity index (χ2v) is 3.80. The van der Waals surface area contributed by atoms with E-state index in [1.54, 1.807) is 0 Å². The molecule has 0 radical (unpaired) electrons. The van der Waals surface area contributed by atoms with Crippen LogP contribution in [0.15, 0.2) is 18.2 Å². The van der Waals surface area contributed by atoms with Gasteiger partial charge in [0.25, 0.3) is 0 Å². The number of halogens is 3. The van der Waals surface area contributed by atoms with Crippen LogP contribution >= 0.6 is 0 Å². The number of nitrogens with one attached hydrogen (secondary N) is 1. The van der Waals surface area contributed by atoms with E-state index in [1.165, 1.54) is 31.1 Å². The van der Waals surface area contributed by atoms with Crippen LogP contribution in [0.4, 0.5) is 24.5 Å². The molecule has 1 rings (SSSR count). The van der Waals surface area contributed by atoms with Crippen molar-refractivity contribution in [1.82, 2.24) is 5.32 Å². The molecule has 18 heavy (non-hydrogen) atoms. The van der Waals surface area contributed by atoms with Crippen molar-refractivity contribution in [2.75, 3.05) is 31.3 Å². The number of anilines is 2. The number of benzene rings is 1. The van der Waals surface area contributed by atoms with Gasteiger partial charge in [0.15, 0.2) is 0 Å². The minimum absolute atomic E-state index is 0.0272. The number of hydrogen-bond acceptors (Lipinski definition) is 3. The van der Waals surface area contributed by atoms with E-state index in [1.807, 2.05) is 0 Å². The van der Waals surface area contributed by atoms with Crippen molar-refractivity contribution in [3.63, 3.8) is 0 Å². The Labute approximate surface area is 103 Å². The smallest absolute Gasteiger partial charge is 0.399 e. The predicted octanol–water partition coefficient (Wildman–Crippen LogP) is 1.47. The lowest BCUT2D eigenvalue weighted by molar-refractivity contribution is -0.137. The van der Waals surface area contributed by atoms with Gasteiger partial charge in [0.2, 0.25) is 5.91 Å². The molecular weight excluding hydrogens is 247 g/mol. The van der Waals surface area contributed by atoms with Crippen molar-refractivity contribution >= 4 is 17.3 Å². The van der Waals surface area contributed by atoms with E-state index in [-0.39, 0.29) is 23.8 Å². The summed E-state index contributed by atoms with van der Waals surface area (Å²) >= 11 is 0. The number of likely N-dealkylation sites (N-methyl/N-ethyl adjacent to an activating group) is 2. The first-order valence-corrected chi connectivity index (χ1v) is 5.14. The Morgan fingerprint density at radius 2 is 2.06 bits per heavy atom. The average Bonchev–Trinajstić information content (AvgIpc) is 2.27. The number of amides is 1. The molecule has 0 aliphatic heterocycles. The lowest BCUT2D eigenvalue weighted by atomic mass is 10.1. The molecule has 4 nitrogen and oxygen atoms in total. The second-order valence-electron chi connectivity index (χ2n) is 3.80. The van der Waals surface area contributed by atoms with Crippen molar-refractivity contribution in [3.05, 3.63) is 23.8 Å². The fourth-order valence-electron chi connectivity index (χ4n) is 1.49. The van der Waals surface area contributed by atoms with Crippen LogP contribution in [0.3, 0.4) is 0 Å². The molecule has 0 bridgehead atoms. The van der Waals surface area contributed by atoms with E-state index >= 15 is 0 Å². The van der Waals surface area contributed by atoms with Crippen LogP contribution in [0.25, 0.3) is 0 Å². The Hall–Kier alpha value is -1.92. The Morgan fingerprint density at radius 1 is 1.44 bits per heavy atom. The SMILES string of the molecule is CNC(=O)CN(C)c1ccc(N)cc1C(F)(F)F. The number of rotatable bonds is 3. The van der Waals surface area contributed by atoms with Gasteiger partial charge in [-0.15, -0.1) is 0 Å². The molecule has 0 heterocycles. The molecule has 0 aliphatic rings. The van der Waals surface area contributed by atoms with Gasteiger partial charge in [-0.1, -0.05) is 0 Å². The van der Waals surface area contributed by atoms with Gasteiger partial charge in [0.1, 0.15) is 0 Å². The van der Waals surface area contributed by atoms with Crippen molar-refractivity contribution < 1.29 is 18.0 Å². The van der Waals surface area contributed by atoms with E-state index < -0.39 is 11.7 Å². The van der Waals surface area contributed by atoms with Crippen LogP contribution < -0.4 is 16.0 Å². The molecule has 1 aromatic carbocycles. The molecule has 0 aromatic heterocycles. The zero-order valence-corrected chi connectivity index (χ0v) is 10.0. The number of carbonyl (C=O) groups is 1. The molecule has 0 atom stereocenters. The van der Waals surface area contributed by atoms with Crippen molar-refractivity contribution in [1.29, 1.82) is 0 Å². The summed E-state index contributed by atoms with van der Waals surface area (Å²) in [5, 5.41) is 2.35. The minimum atomic E-state index is -4.51. The largest absolute Gasteiger partial charge is 0.418 e. The lowest BCUT2D eigenvalue weighted by Crippen LogP contribution is -2.34. The molecule has 1 amide bonds. The Kier molecular flexibility index (Phi) is 4.05. The third-order valence-corrected chi connectivity index (χ3v) is 2.40.